The molecule has 6 rings (SSSR count). The normalized spacial score (nSPS) is 12.0. The van der Waals surface area contributed by atoms with Crippen molar-refractivity contribution in [1.82, 2.24) is 24.9 Å². The summed E-state index contributed by atoms with van der Waals surface area (Å²) in [5.74, 6) is 7.16. The van der Waals surface area contributed by atoms with Crippen molar-refractivity contribution in [2.24, 2.45) is 0 Å². The van der Waals surface area contributed by atoms with Crippen molar-refractivity contribution in [2.75, 3.05) is 66.1 Å². The van der Waals surface area contributed by atoms with Crippen LogP contribution in [0.15, 0.2) is 36.7 Å². The fourth-order valence-electron chi connectivity index (χ4n) is 19.1. The molecule has 0 spiro atoms. The van der Waals surface area contributed by atoms with Gasteiger partial charge in [-0.2, -0.15) is 0 Å². The number of unbranched alkanes of at least 4 members (excludes halogenated alkanes) is 70. The molecule has 3 N–H and O–H groups in total. The first kappa shape index (κ1) is 123. The average Bonchev–Trinajstić information content (AvgIpc) is 1.61. The summed E-state index contributed by atoms with van der Waals surface area (Å²) in [6.45, 7) is 29.0. The van der Waals surface area contributed by atoms with Gasteiger partial charge < -0.3 is 62.3 Å². The number of hydrogen-bond donors (Lipinski definition) is 3. The maximum absolute atomic E-state index is 7.26. The highest BCUT2D eigenvalue weighted by Crippen LogP contribution is 2.45. The highest BCUT2D eigenvalue weighted by Gasteiger charge is 2.30. The first-order chi connectivity index (χ1) is 68.8. The quantitative estimate of drug-likeness (QED) is 0.0359. The Balaban J connectivity index is 0.00000108. The minimum absolute atomic E-state index is 0.550. The number of ether oxygens (including phenoxy) is 10. The van der Waals surface area contributed by atoms with E-state index in [1.807, 2.05) is 12.4 Å². The van der Waals surface area contributed by atoms with Crippen LogP contribution in [0.4, 0.5) is 0 Å². The van der Waals surface area contributed by atoms with Crippen LogP contribution < -0.4 is 28.4 Å². The van der Waals surface area contributed by atoms with Gasteiger partial charge in [-0.25, -0.2) is 9.97 Å². The first-order valence-electron chi connectivity index (χ1n) is 60.6. The molecule has 4 aromatic rings. The maximum Gasteiger partial charge on any atom is 0.189 e. The molecule has 0 aromatic carbocycles. The fraction of sp³-hybridized carbons (Fsp3) is 0.806. The topological polar surface area (TPSA) is 165 Å². The van der Waals surface area contributed by atoms with E-state index in [0.717, 1.165) is 162 Å². The largest absolute Gasteiger partial charge is 0.488 e. The van der Waals surface area contributed by atoms with Gasteiger partial charge >= 0.3 is 0 Å². The standard InChI is InChI=1S/C100H174N4O8.C24H45NO2/c1-9-17-25-33-41-49-57-65-73-105-93-85-81-87-95(107-75-67-59-51-43-35-27-19-11-3)97(109-77-69-61-53-45-37-29-21-13-5)89(102-87)83-91-99(111-79-71-63-55-47-39-31-23-15-7)100(112-80-72-64-56-48-40-32-24-16-8)92(104-91)84-90-98(110-78-70-62-54-46-38-30-22-14-6)96(108-76-68-60-52-44-36-28-20-12-4)88(103-90)82-86(101-85)94(93)106-74-66-58-50-42-34-26-18-10-2;1-3-5-7-9-11-13-15-17-19-26-23-21-25-22-24(23)27-20-18-16-14-12-10-8-6-4-2/h81-84,101,104H,9-80H2,1-8H3;21-22,25H,3-20H2,1-2H3. The van der Waals surface area contributed by atoms with Gasteiger partial charge in [0.15, 0.2) is 57.5 Å². The Bertz CT molecular complexity index is 3280. The summed E-state index contributed by atoms with van der Waals surface area (Å²) in [5.41, 5.74) is 5.86. The number of fused-ring (bicyclic) bond motifs is 8. The Morgan fingerprint density at radius 3 is 0.439 bits per heavy atom. The molecule has 0 atom stereocenters. The molecule has 8 bridgehead atoms. The van der Waals surface area contributed by atoms with Crippen molar-refractivity contribution in [3.8, 4) is 34.5 Å². The van der Waals surface area contributed by atoms with E-state index in [4.69, 9.17) is 57.3 Å². The highest BCUT2D eigenvalue weighted by molar-refractivity contribution is 5.92. The lowest BCUT2D eigenvalue weighted by Crippen LogP contribution is -2.02. The Kier molecular flexibility index (Phi) is 79.4. The molecule has 800 valence electrons. The predicted octanol–water partition coefficient (Wildman–Crippen LogP) is 40.7. The third-order valence-electron chi connectivity index (χ3n) is 28.0. The molecule has 15 heteroatoms. The first-order valence-corrected chi connectivity index (χ1v) is 60.6. The summed E-state index contributed by atoms with van der Waals surface area (Å²) < 4.78 is 69.9. The zero-order valence-corrected chi connectivity index (χ0v) is 92.6. The molecule has 0 saturated heterocycles. The molecule has 4 aromatic heterocycles. The van der Waals surface area contributed by atoms with E-state index >= 15 is 0 Å². The van der Waals surface area contributed by atoms with Crippen LogP contribution >= 0.6 is 0 Å². The van der Waals surface area contributed by atoms with Gasteiger partial charge in [0.1, 0.15) is 22.8 Å². The number of nitrogens with one attached hydrogen (secondary N) is 3. The number of aromatic amines is 3. The molecule has 0 aliphatic carbocycles. The molecule has 2 aliphatic rings. The van der Waals surface area contributed by atoms with E-state index in [1.54, 1.807) is 0 Å². The lowest BCUT2D eigenvalue weighted by atomic mass is 10.1. The van der Waals surface area contributed by atoms with Gasteiger partial charge in [-0.15, -0.1) is 0 Å². The molecule has 0 fully saturated rings. The SMILES string of the molecule is CCCCCCCCCCOC1=C(OCCCCCCCCCC)c2cc3[nH]c(cc4nc(cc5[nH]c(cc1n2)c(OCCCCCCCCCC)c5OCCCCCCCCCC)C(OCCCCCCCCCC)=C4OCCCCCCCCCC)c(OCCCCCCCCCC)c3OCCCCCCCCCC.CCCCCCCCCCOc1c[nH]cc1OCCCCCCCCCC. The number of rotatable bonds is 100. The van der Waals surface area contributed by atoms with Crippen LogP contribution in [0.2, 0.25) is 0 Å². The van der Waals surface area contributed by atoms with Crippen molar-refractivity contribution in [2.45, 2.75) is 583 Å². The Morgan fingerprint density at radius 1 is 0.158 bits per heavy atom. The summed E-state index contributed by atoms with van der Waals surface area (Å²) in [6, 6.07) is 8.64. The van der Waals surface area contributed by atoms with E-state index in [1.165, 1.54) is 398 Å². The molecule has 0 amide bonds. The molecular weight excluding hydrogens is 1720 g/mol. The summed E-state index contributed by atoms with van der Waals surface area (Å²) >= 11 is 0. The smallest absolute Gasteiger partial charge is 0.189 e. The third-order valence-corrected chi connectivity index (χ3v) is 28.0. The number of hydrogen-bond acceptors (Lipinski definition) is 12. The van der Waals surface area contributed by atoms with E-state index in [9.17, 15) is 0 Å². The maximum atomic E-state index is 7.26. The second kappa shape index (κ2) is 89.5. The van der Waals surface area contributed by atoms with Gasteiger partial charge in [-0.3, -0.25) is 0 Å². The van der Waals surface area contributed by atoms with Gasteiger partial charge in [0.25, 0.3) is 0 Å². The number of H-pyrrole nitrogens is 3. The van der Waals surface area contributed by atoms with E-state index in [0.29, 0.717) is 122 Å². The fourth-order valence-corrected chi connectivity index (χ4v) is 19.1. The van der Waals surface area contributed by atoms with Gasteiger partial charge in [-0.1, -0.05) is 519 Å². The van der Waals surface area contributed by atoms with Gasteiger partial charge in [0, 0.05) is 12.4 Å². The summed E-state index contributed by atoms with van der Waals surface area (Å²) in [5, 5.41) is 0. The lowest BCUT2D eigenvalue weighted by Gasteiger charge is -2.13. The predicted molar refractivity (Wildman–Crippen MR) is 598 cm³/mol. The minimum Gasteiger partial charge on any atom is -0.488 e. The van der Waals surface area contributed by atoms with Crippen molar-refractivity contribution in [1.29, 1.82) is 0 Å². The Morgan fingerprint density at radius 2 is 0.288 bits per heavy atom. The molecule has 0 radical (unpaired) electrons. The van der Waals surface area contributed by atoms with Crippen LogP contribution in [0.1, 0.15) is 606 Å². The Hall–Kier alpha value is -6.12. The van der Waals surface area contributed by atoms with Crippen LogP contribution in [-0.2, 0) is 18.9 Å². The van der Waals surface area contributed by atoms with Crippen LogP contribution in [0, 0.1) is 0 Å². The van der Waals surface area contributed by atoms with Crippen LogP contribution in [0.25, 0.3) is 45.1 Å². The number of nitrogens with zero attached hydrogens (tertiary/aromatic N) is 2. The summed E-state index contributed by atoms with van der Waals surface area (Å²) in [7, 11) is 0. The van der Waals surface area contributed by atoms with E-state index < -0.39 is 0 Å². The van der Waals surface area contributed by atoms with Crippen LogP contribution in [0.3, 0.4) is 0 Å². The number of aromatic nitrogens is 5. The lowest BCUT2D eigenvalue weighted by molar-refractivity contribution is 0.235. The zero-order chi connectivity index (χ0) is 98.9. The molecule has 6 heterocycles. The summed E-state index contributed by atoms with van der Waals surface area (Å²) in [4.78, 5) is 22.5. The Labute approximate surface area is 855 Å². The molecule has 15 nitrogen and oxygen atoms in total. The van der Waals surface area contributed by atoms with Crippen molar-refractivity contribution in [3.05, 3.63) is 59.4 Å². The van der Waals surface area contributed by atoms with Gasteiger partial charge in [0.05, 0.1) is 88.1 Å². The average molecular weight is 1940 g/mol. The third kappa shape index (κ3) is 59.2. The zero-order valence-electron chi connectivity index (χ0n) is 92.6. The van der Waals surface area contributed by atoms with Crippen LogP contribution in [-0.4, -0.2) is 91.0 Å². The molecule has 2 aliphatic heterocycles. The van der Waals surface area contributed by atoms with E-state index in [2.05, 4.69) is 108 Å². The molecule has 139 heavy (non-hydrogen) atoms. The van der Waals surface area contributed by atoms with Crippen molar-refractivity contribution in [3.63, 3.8) is 0 Å². The molecule has 0 saturated carbocycles. The molecular formula is C124H219N5O10. The second-order valence-electron chi connectivity index (χ2n) is 41.3. The van der Waals surface area contributed by atoms with Crippen molar-refractivity contribution < 1.29 is 47.4 Å². The van der Waals surface area contributed by atoms with E-state index in [-0.39, 0.29) is 0 Å². The summed E-state index contributed by atoms with van der Waals surface area (Å²) in [6.07, 6.45) is 102. The highest BCUT2D eigenvalue weighted by atomic mass is 16.5. The van der Waals surface area contributed by atoms with Gasteiger partial charge in [0.2, 0.25) is 0 Å². The van der Waals surface area contributed by atoms with Gasteiger partial charge in [-0.05, 0) is 88.5 Å². The second-order valence-corrected chi connectivity index (χ2v) is 41.3. The minimum atomic E-state index is 0.550. The van der Waals surface area contributed by atoms with Crippen molar-refractivity contribution >= 4 is 45.1 Å². The van der Waals surface area contributed by atoms with Crippen LogP contribution in [0.5, 0.6) is 34.5 Å². The monoisotopic (exact) mass is 1940 g/mol. The molecule has 0 unspecified atom stereocenters.